The maximum Gasteiger partial charge on any atom is 0.228 e. The van der Waals surface area contributed by atoms with Gasteiger partial charge in [0.05, 0.1) is 5.92 Å². The van der Waals surface area contributed by atoms with E-state index in [0.29, 0.717) is 31.2 Å². The zero-order chi connectivity index (χ0) is 20.9. The predicted octanol–water partition coefficient (Wildman–Crippen LogP) is 3.28. The van der Waals surface area contributed by atoms with E-state index in [9.17, 15) is 9.59 Å². The van der Waals surface area contributed by atoms with Crippen LogP contribution in [0, 0.1) is 5.92 Å². The Morgan fingerprint density at radius 2 is 1.93 bits per heavy atom. The summed E-state index contributed by atoms with van der Waals surface area (Å²) in [5, 5.41) is 13.8. The normalized spacial score (nSPS) is 19.8. The third kappa shape index (κ3) is 5.10. The number of rotatable bonds is 6. The first-order chi connectivity index (χ1) is 14.6. The number of benzene rings is 1. The quantitative estimate of drug-likeness (QED) is 0.735. The molecular weight excluding hydrogens is 422 g/mol. The van der Waals surface area contributed by atoms with Crippen molar-refractivity contribution in [2.75, 3.05) is 36.0 Å². The largest absolute Gasteiger partial charge is 0.355 e. The number of amides is 2. The highest BCUT2D eigenvalue weighted by atomic mass is 35.5. The van der Waals surface area contributed by atoms with E-state index >= 15 is 0 Å². The van der Waals surface area contributed by atoms with Crippen molar-refractivity contribution < 1.29 is 9.59 Å². The number of carbonyl (C=O) groups is 2. The molecule has 0 saturated carbocycles. The van der Waals surface area contributed by atoms with Crippen LogP contribution in [-0.4, -0.2) is 48.2 Å². The molecule has 2 aliphatic rings. The van der Waals surface area contributed by atoms with Gasteiger partial charge in [0.1, 0.15) is 0 Å². The molecule has 7 nitrogen and oxygen atoms in total. The molecule has 2 aromatic rings. The minimum absolute atomic E-state index is 0.0621. The number of nitrogens with one attached hydrogen (secondary N) is 1. The predicted molar refractivity (Wildman–Crippen MR) is 119 cm³/mol. The van der Waals surface area contributed by atoms with Crippen LogP contribution in [0.15, 0.2) is 24.3 Å². The van der Waals surface area contributed by atoms with E-state index < -0.39 is 0 Å². The maximum atomic E-state index is 12.7. The Labute approximate surface area is 185 Å². The number of nitrogens with zero attached hydrogens (tertiary/aromatic N) is 4. The smallest absolute Gasteiger partial charge is 0.228 e. The van der Waals surface area contributed by atoms with Crippen molar-refractivity contribution in [1.29, 1.82) is 0 Å². The van der Waals surface area contributed by atoms with Gasteiger partial charge in [-0.3, -0.25) is 14.5 Å². The van der Waals surface area contributed by atoms with Crippen LogP contribution in [0.2, 0.25) is 5.02 Å². The summed E-state index contributed by atoms with van der Waals surface area (Å²) in [6.45, 7) is 2.82. The first kappa shape index (κ1) is 21.1. The molecule has 2 amide bonds. The van der Waals surface area contributed by atoms with Crippen molar-refractivity contribution in [2.45, 2.75) is 38.5 Å². The van der Waals surface area contributed by atoms with Gasteiger partial charge in [0.25, 0.3) is 0 Å². The van der Waals surface area contributed by atoms with E-state index in [-0.39, 0.29) is 17.7 Å². The highest BCUT2D eigenvalue weighted by molar-refractivity contribution is 7.19. The number of aromatic nitrogens is 2. The minimum atomic E-state index is -0.0621. The molecule has 4 rings (SSSR count). The summed E-state index contributed by atoms with van der Waals surface area (Å²) in [7, 11) is 0. The monoisotopic (exact) mass is 447 g/mol. The van der Waals surface area contributed by atoms with Gasteiger partial charge in [-0.05, 0) is 49.8 Å². The van der Waals surface area contributed by atoms with Gasteiger partial charge < -0.3 is 10.2 Å². The van der Waals surface area contributed by atoms with Crippen molar-refractivity contribution >= 4 is 45.0 Å². The molecular formula is C21H26ClN5O2S. The molecule has 1 aromatic carbocycles. The second kappa shape index (κ2) is 9.75. The van der Waals surface area contributed by atoms with Gasteiger partial charge in [0.15, 0.2) is 0 Å². The summed E-state index contributed by atoms with van der Waals surface area (Å²) in [5.74, 6) is 0.151. The van der Waals surface area contributed by atoms with Gasteiger partial charge in [0.2, 0.25) is 22.1 Å². The van der Waals surface area contributed by atoms with E-state index in [4.69, 9.17) is 11.6 Å². The lowest BCUT2D eigenvalue weighted by Crippen LogP contribution is -2.43. The molecule has 1 atom stereocenters. The fraction of sp³-hybridized carbons (Fsp3) is 0.524. The molecule has 0 radical (unpaired) electrons. The van der Waals surface area contributed by atoms with E-state index in [1.165, 1.54) is 11.3 Å². The van der Waals surface area contributed by atoms with Crippen molar-refractivity contribution in [3.8, 4) is 0 Å². The molecule has 3 heterocycles. The standard InChI is InChI=1S/C21H26ClN5O2S/c22-17-8-6-15(7-9-17)10-11-23-19(29)16-4-3-12-26(14-16)20-24-25-21(30-20)27-13-2-1-5-18(27)28/h6-9,16H,1-5,10-14H2,(H,23,29). The van der Waals surface area contributed by atoms with Gasteiger partial charge in [0, 0.05) is 37.6 Å². The Morgan fingerprint density at radius 3 is 2.73 bits per heavy atom. The first-order valence-electron chi connectivity index (χ1n) is 10.5. The summed E-state index contributed by atoms with van der Waals surface area (Å²) in [6.07, 6.45) is 5.12. The Kier molecular flexibility index (Phi) is 6.84. The van der Waals surface area contributed by atoms with Crippen molar-refractivity contribution in [3.05, 3.63) is 34.9 Å². The zero-order valence-electron chi connectivity index (χ0n) is 16.8. The SMILES string of the molecule is O=C(NCCc1ccc(Cl)cc1)C1CCCN(c2nnc(N3CCCCC3=O)s2)C1. The summed E-state index contributed by atoms with van der Waals surface area (Å²) in [6, 6.07) is 7.70. The molecule has 0 aliphatic carbocycles. The average molecular weight is 448 g/mol. The second-order valence-corrected chi connectivity index (χ2v) is 9.19. The summed E-state index contributed by atoms with van der Waals surface area (Å²) in [5.41, 5.74) is 1.15. The number of anilines is 2. The van der Waals surface area contributed by atoms with Gasteiger partial charge in [-0.25, -0.2) is 0 Å². The molecule has 1 N–H and O–H groups in total. The Morgan fingerprint density at radius 1 is 1.13 bits per heavy atom. The third-order valence-corrected chi connectivity index (χ3v) is 6.91. The minimum Gasteiger partial charge on any atom is -0.355 e. The lowest BCUT2D eigenvalue weighted by Gasteiger charge is -2.31. The zero-order valence-corrected chi connectivity index (χ0v) is 18.4. The first-order valence-corrected chi connectivity index (χ1v) is 11.7. The highest BCUT2D eigenvalue weighted by Gasteiger charge is 2.29. The van der Waals surface area contributed by atoms with Gasteiger partial charge in [-0.2, -0.15) is 0 Å². The second-order valence-electron chi connectivity index (χ2n) is 7.82. The Bertz CT molecular complexity index is 888. The van der Waals surface area contributed by atoms with Crippen LogP contribution in [0.5, 0.6) is 0 Å². The van der Waals surface area contributed by atoms with E-state index in [1.54, 1.807) is 4.90 Å². The third-order valence-electron chi connectivity index (χ3n) is 5.65. The molecule has 0 spiro atoms. The molecule has 2 saturated heterocycles. The van der Waals surface area contributed by atoms with Crippen molar-refractivity contribution in [1.82, 2.24) is 15.5 Å². The van der Waals surface area contributed by atoms with Crippen LogP contribution < -0.4 is 15.1 Å². The van der Waals surface area contributed by atoms with Crippen molar-refractivity contribution in [3.63, 3.8) is 0 Å². The lowest BCUT2D eigenvalue weighted by molar-refractivity contribution is -0.125. The van der Waals surface area contributed by atoms with Crippen LogP contribution >= 0.6 is 22.9 Å². The van der Waals surface area contributed by atoms with Gasteiger partial charge in [-0.1, -0.05) is 35.1 Å². The topological polar surface area (TPSA) is 78.4 Å². The lowest BCUT2D eigenvalue weighted by atomic mass is 9.97. The molecule has 2 aliphatic heterocycles. The molecule has 1 unspecified atom stereocenters. The summed E-state index contributed by atoms with van der Waals surface area (Å²) < 4.78 is 0. The Balaban J connectivity index is 1.30. The van der Waals surface area contributed by atoms with Crippen molar-refractivity contribution in [2.24, 2.45) is 5.92 Å². The number of halogens is 1. The van der Waals surface area contributed by atoms with Crippen LogP contribution in [0.25, 0.3) is 0 Å². The molecule has 2 fully saturated rings. The van der Waals surface area contributed by atoms with Gasteiger partial charge >= 0.3 is 0 Å². The highest BCUT2D eigenvalue weighted by Crippen LogP contribution is 2.32. The van der Waals surface area contributed by atoms with E-state index in [1.807, 2.05) is 24.3 Å². The fourth-order valence-electron chi connectivity index (χ4n) is 3.94. The van der Waals surface area contributed by atoms with Crippen LogP contribution in [-0.2, 0) is 16.0 Å². The molecule has 1 aromatic heterocycles. The van der Waals surface area contributed by atoms with Gasteiger partial charge in [-0.15, -0.1) is 10.2 Å². The molecule has 30 heavy (non-hydrogen) atoms. The molecule has 160 valence electrons. The fourth-order valence-corrected chi connectivity index (χ4v) is 4.99. The molecule has 0 bridgehead atoms. The van der Waals surface area contributed by atoms with E-state index in [0.717, 1.165) is 54.4 Å². The number of hydrogen-bond acceptors (Lipinski definition) is 6. The molecule has 9 heteroatoms. The number of carbonyl (C=O) groups excluding carboxylic acids is 2. The average Bonchev–Trinajstić information content (AvgIpc) is 3.25. The number of hydrogen-bond donors (Lipinski definition) is 1. The number of piperidine rings is 2. The van der Waals surface area contributed by atoms with Crippen LogP contribution in [0.1, 0.15) is 37.7 Å². The Hall–Kier alpha value is -2.19. The van der Waals surface area contributed by atoms with Crippen LogP contribution in [0.4, 0.5) is 10.3 Å². The summed E-state index contributed by atoms with van der Waals surface area (Å²) >= 11 is 7.36. The van der Waals surface area contributed by atoms with E-state index in [2.05, 4.69) is 20.4 Å². The summed E-state index contributed by atoms with van der Waals surface area (Å²) in [4.78, 5) is 28.7. The van der Waals surface area contributed by atoms with Crippen LogP contribution in [0.3, 0.4) is 0 Å². The maximum absolute atomic E-state index is 12.7.